The Morgan fingerprint density at radius 1 is 1.31 bits per heavy atom. The molecule has 1 heterocycles. The minimum Gasteiger partial charge on any atom is -0.494 e. The second-order valence-corrected chi connectivity index (χ2v) is 6.72. The molecular formula is C21H23ClFN3O3. The number of allylic oxidation sites excluding steroid dienone is 2. The van der Waals surface area contributed by atoms with Crippen molar-refractivity contribution >= 4 is 29.1 Å². The molecule has 0 spiro atoms. The molecule has 0 fully saturated rings. The van der Waals surface area contributed by atoms with Gasteiger partial charge in [0.2, 0.25) is 5.91 Å². The molecule has 1 amide bonds. The molecule has 1 aliphatic rings. The van der Waals surface area contributed by atoms with Crippen molar-refractivity contribution in [2.45, 2.75) is 25.7 Å². The summed E-state index contributed by atoms with van der Waals surface area (Å²) < 4.78 is 24.1. The van der Waals surface area contributed by atoms with Crippen LogP contribution in [0.2, 0.25) is 5.02 Å². The molecule has 1 aromatic rings. The van der Waals surface area contributed by atoms with Crippen molar-refractivity contribution in [1.82, 2.24) is 5.32 Å². The van der Waals surface area contributed by atoms with Gasteiger partial charge in [-0.1, -0.05) is 36.4 Å². The third-order valence-corrected chi connectivity index (χ3v) is 4.53. The van der Waals surface area contributed by atoms with Gasteiger partial charge in [-0.25, -0.2) is 4.39 Å². The van der Waals surface area contributed by atoms with Crippen molar-refractivity contribution in [2.75, 3.05) is 14.2 Å². The van der Waals surface area contributed by atoms with Crippen LogP contribution in [0.15, 0.2) is 64.7 Å². The number of nitrogens with zero attached hydrogens (tertiary/aromatic N) is 2. The molecule has 0 unspecified atom stereocenters. The van der Waals surface area contributed by atoms with E-state index in [0.717, 1.165) is 11.3 Å². The zero-order valence-corrected chi connectivity index (χ0v) is 17.2. The summed E-state index contributed by atoms with van der Waals surface area (Å²) >= 11 is 5.95. The first kappa shape index (κ1) is 22.4. The summed E-state index contributed by atoms with van der Waals surface area (Å²) in [7, 11) is 3.04. The van der Waals surface area contributed by atoms with E-state index in [0.29, 0.717) is 36.6 Å². The fourth-order valence-electron chi connectivity index (χ4n) is 2.59. The Bertz CT molecular complexity index is 886. The quantitative estimate of drug-likeness (QED) is 0.478. The van der Waals surface area contributed by atoms with E-state index in [2.05, 4.69) is 28.7 Å². The lowest BCUT2D eigenvalue weighted by atomic mass is 10.1. The van der Waals surface area contributed by atoms with Crippen molar-refractivity contribution in [3.05, 3.63) is 70.9 Å². The number of ether oxygens (including phenoxy) is 2. The summed E-state index contributed by atoms with van der Waals surface area (Å²) in [4.78, 5) is 12.2. The Hall–Kier alpha value is -2.93. The van der Waals surface area contributed by atoms with Gasteiger partial charge < -0.3 is 14.8 Å². The van der Waals surface area contributed by atoms with E-state index in [1.165, 1.54) is 26.4 Å². The monoisotopic (exact) mass is 419 g/mol. The first-order chi connectivity index (χ1) is 13.8. The lowest BCUT2D eigenvalue weighted by molar-refractivity contribution is -0.119. The van der Waals surface area contributed by atoms with E-state index in [1.807, 2.05) is 0 Å². The maximum Gasteiger partial charge on any atom is 0.229 e. The van der Waals surface area contributed by atoms with Gasteiger partial charge in [-0.3, -0.25) is 4.79 Å². The van der Waals surface area contributed by atoms with Crippen LogP contribution in [0.3, 0.4) is 0 Å². The highest BCUT2D eigenvalue weighted by molar-refractivity contribution is 6.31. The smallest absolute Gasteiger partial charge is 0.229 e. The fourth-order valence-corrected chi connectivity index (χ4v) is 2.82. The number of benzene rings is 1. The number of hydrogen-bond acceptors (Lipinski definition) is 5. The highest BCUT2D eigenvalue weighted by atomic mass is 35.5. The summed E-state index contributed by atoms with van der Waals surface area (Å²) in [6.45, 7) is 7.73. The van der Waals surface area contributed by atoms with E-state index in [4.69, 9.17) is 21.1 Å². The van der Waals surface area contributed by atoms with Crippen molar-refractivity contribution in [2.24, 2.45) is 10.2 Å². The summed E-state index contributed by atoms with van der Waals surface area (Å²) in [5.41, 5.74) is 1.78. The van der Waals surface area contributed by atoms with Gasteiger partial charge in [0.1, 0.15) is 11.7 Å². The number of rotatable bonds is 9. The fraction of sp³-hybridized carbons (Fsp3) is 0.286. The molecule has 0 atom stereocenters. The van der Waals surface area contributed by atoms with Crippen molar-refractivity contribution in [1.29, 1.82) is 0 Å². The normalized spacial score (nSPS) is 13.4. The molecule has 2 rings (SSSR count). The second kappa shape index (κ2) is 10.6. The number of hydrogen-bond donors (Lipinski definition) is 1. The Kier molecular flexibility index (Phi) is 8.15. The molecule has 8 heteroatoms. The van der Waals surface area contributed by atoms with Crippen molar-refractivity contribution < 1.29 is 18.7 Å². The number of halogens is 2. The number of methoxy groups -OCH3 is 2. The van der Waals surface area contributed by atoms with E-state index >= 15 is 0 Å². The molecule has 0 saturated carbocycles. The van der Waals surface area contributed by atoms with Crippen LogP contribution in [0, 0.1) is 5.82 Å². The lowest BCUT2D eigenvalue weighted by Gasteiger charge is -2.09. The molecule has 1 N–H and O–H groups in total. The van der Waals surface area contributed by atoms with Gasteiger partial charge in [0.25, 0.3) is 0 Å². The summed E-state index contributed by atoms with van der Waals surface area (Å²) in [5, 5.41) is 10.9. The molecule has 0 radical (unpaired) electrons. The molecule has 0 aliphatic carbocycles. The van der Waals surface area contributed by atoms with Gasteiger partial charge in [0.15, 0.2) is 11.5 Å². The van der Waals surface area contributed by atoms with Crippen LogP contribution >= 0.6 is 11.6 Å². The van der Waals surface area contributed by atoms with E-state index in [1.54, 1.807) is 12.1 Å². The summed E-state index contributed by atoms with van der Waals surface area (Å²) in [5.74, 6) is 0.416. The second-order valence-electron chi connectivity index (χ2n) is 6.31. The highest BCUT2D eigenvalue weighted by Gasteiger charge is 2.17. The molecular weight excluding hydrogens is 397 g/mol. The Morgan fingerprint density at radius 3 is 2.72 bits per heavy atom. The van der Waals surface area contributed by atoms with Gasteiger partial charge >= 0.3 is 0 Å². The van der Waals surface area contributed by atoms with Crippen LogP contribution in [-0.4, -0.2) is 31.7 Å². The van der Waals surface area contributed by atoms with Gasteiger partial charge in [0.05, 0.1) is 20.6 Å². The Labute approximate surface area is 174 Å². The molecule has 1 aliphatic heterocycles. The van der Waals surface area contributed by atoms with Crippen molar-refractivity contribution in [3.63, 3.8) is 0 Å². The van der Waals surface area contributed by atoms with Gasteiger partial charge in [-0.2, -0.15) is 5.10 Å². The first-order valence-corrected chi connectivity index (χ1v) is 9.23. The predicted molar refractivity (Wildman–Crippen MR) is 112 cm³/mol. The maximum atomic E-state index is 13.8. The van der Waals surface area contributed by atoms with E-state index in [-0.39, 0.29) is 17.0 Å². The van der Waals surface area contributed by atoms with Crippen LogP contribution in [0.4, 0.5) is 4.39 Å². The summed E-state index contributed by atoms with van der Waals surface area (Å²) in [6, 6.07) is 4.30. The van der Waals surface area contributed by atoms with Gasteiger partial charge in [-0.15, -0.1) is 5.10 Å². The largest absolute Gasteiger partial charge is 0.494 e. The van der Waals surface area contributed by atoms with E-state index in [9.17, 15) is 9.18 Å². The third-order valence-electron chi connectivity index (χ3n) is 4.18. The van der Waals surface area contributed by atoms with Crippen LogP contribution in [0.25, 0.3) is 0 Å². The number of amidine groups is 1. The average Bonchev–Trinajstić information content (AvgIpc) is 3.14. The Balaban J connectivity index is 1.81. The number of amides is 1. The van der Waals surface area contributed by atoms with E-state index < -0.39 is 11.7 Å². The van der Waals surface area contributed by atoms with Crippen LogP contribution in [0.5, 0.6) is 0 Å². The number of carbonyl (C=O) groups is 1. The molecule has 0 saturated heterocycles. The van der Waals surface area contributed by atoms with Crippen LogP contribution < -0.4 is 5.32 Å². The average molecular weight is 420 g/mol. The predicted octanol–water partition coefficient (Wildman–Crippen LogP) is 4.32. The minimum absolute atomic E-state index is 0.154. The topological polar surface area (TPSA) is 72.3 Å². The molecule has 0 bridgehead atoms. The first-order valence-electron chi connectivity index (χ1n) is 8.85. The van der Waals surface area contributed by atoms with Gasteiger partial charge in [0, 0.05) is 22.7 Å². The van der Waals surface area contributed by atoms with Crippen LogP contribution in [0.1, 0.15) is 24.8 Å². The molecule has 29 heavy (non-hydrogen) atoms. The molecule has 154 valence electrons. The third kappa shape index (κ3) is 6.57. The minimum atomic E-state index is -0.518. The summed E-state index contributed by atoms with van der Waals surface area (Å²) in [6.07, 6.45) is 3.24. The van der Waals surface area contributed by atoms with Crippen molar-refractivity contribution in [3.8, 4) is 0 Å². The number of nitrogens with one attached hydrogen (secondary N) is 1. The molecule has 1 aromatic carbocycles. The van der Waals surface area contributed by atoms with Crippen LogP contribution in [-0.2, 0) is 20.7 Å². The maximum absolute atomic E-state index is 13.8. The highest BCUT2D eigenvalue weighted by Crippen LogP contribution is 2.20. The Morgan fingerprint density at radius 2 is 2.07 bits per heavy atom. The molecule has 6 nitrogen and oxygen atoms in total. The zero-order chi connectivity index (χ0) is 21.4. The van der Waals surface area contributed by atoms with Gasteiger partial charge in [-0.05, 0) is 31.1 Å². The lowest BCUT2D eigenvalue weighted by Crippen LogP contribution is -2.32. The molecule has 0 aromatic heterocycles. The SMILES string of the molecule is C=C(/C=C(/OC)C(=C)OC)CCC1=NN=C(NC(=O)Cc2c(F)cccc2Cl)C1. The zero-order valence-electron chi connectivity index (χ0n) is 16.4. The standard InChI is InChI=1S/C21H23ClFN3O3/c1-13(10-19(29-4)14(2)28-3)8-9-15-11-20(26-25-15)24-21(27)12-16-17(22)6-5-7-18(16)23/h5-7,10H,1-2,8-9,11-12H2,3-4H3,(H,24,26,27)/b19-10+. The number of carbonyl (C=O) groups excluding carboxylic acids is 1.